The molecule has 2 aromatic rings. The van der Waals surface area contributed by atoms with Gasteiger partial charge >= 0.3 is 0 Å². The first-order chi connectivity index (χ1) is 11.8. The van der Waals surface area contributed by atoms with E-state index in [1.807, 2.05) is 6.92 Å². The molecule has 0 N–H and O–H groups in total. The molecule has 0 saturated carbocycles. The second-order valence-electron chi connectivity index (χ2n) is 5.28. The van der Waals surface area contributed by atoms with E-state index in [0.29, 0.717) is 18.1 Å². The number of halogens is 2. The molecule has 0 fully saturated rings. The maximum atomic E-state index is 12.7. The fraction of sp³-hybridized carbons (Fsp3) is 0.294. The number of methoxy groups -OCH3 is 1. The largest absolute Gasteiger partial charge is 0.493 e. The molecule has 136 valence electrons. The molecule has 0 bridgehead atoms. The zero-order chi connectivity index (χ0) is 18.6. The van der Waals surface area contributed by atoms with Gasteiger partial charge in [0.2, 0.25) is 10.0 Å². The number of hydrogen-bond acceptors (Lipinski definition) is 4. The SMILES string of the molecule is CCOc1ccc(CN(C)S(=O)(=O)c2cc(Cl)cc(Cl)c2)cc1OC. The van der Waals surface area contributed by atoms with Crippen LogP contribution in [0, 0.1) is 0 Å². The molecule has 0 aliphatic rings. The van der Waals surface area contributed by atoms with Gasteiger partial charge in [-0.1, -0.05) is 29.3 Å². The molecular weight excluding hydrogens is 385 g/mol. The number of hydrogen-bond donors (Lipinski definition) is 0. The van der Waals surface area contributed by atoms with E-state index in [4.69, 9.17) is 32.7 Å². The van der Waals surface area contributed by atoms with Crippen LogP contribution in [0.15, 0.2) is 41.3 Å². The van der Waals surface area contributed by atoms with E-state index in [-0.39, 0.29) is 21.5 Å². The Balaban J connectivity index is 2.27. The molecule has 25 heavy (non-hydrogen) atoms. The van der Waals surface area contributed by atoms with Crippen LogP contribution in [0.2, 0.25) is 10.0 Å². The molecule has 0 saturated heterocycles. The van der Waals surface area contributed by atoms with Crippen molar-refractivity contribution in [1.82, 2.24) is 4.31 Å². The van der Waals surface area contributed by atoms with Crippen LogP contribution >= 0.6 is 23.2 Å². The van der Waals surface area contributed by atoms with Gasteiger partial charge < -0.3 is 9.47 Å². The molecule has 0 amide bonds. The average molecular weight is 404 g/mol. The predicted octanol–water partition coefficient (Wildman–Crippen LogP) is 4.22. The highest BCUT2D eigenvalue weighted by Crippen LogP contribution is 2.30. The Morgan fingerprint density at radius 2 is 1.68 bits per heavy atom. The molecular formula is C17H19Cl2NO4S. The van der Waals surface area contributed by atoms with Crippen LogP contribution in [-0.4, -0.2) is 33.5 Å². The maximum Gasteiger partial charge on any atom is 0.243 e. The van der Waals surface area contributed by atoms with Gasteiger partial charge in [0.25, 0.3) is 0 Å². The molecule has 0 aliphatic carbocycles. The number of rotatable bonds is 7. The smallest absolute Gasteiger partial charge is 0.243 e. The summed E-state index contributed by atoms with van der Waals surface area (Å²) >= 11 is 11.8. The van der Waals surface area contributed by atoms with Crippen LogP contribution in [0.3, 0.4) is 0 Å². The van der Waals surface area contributed by atoms with Crippen LogP contribution in [-0.2, 0) is 16.6 Å². The first-order valence-electron chi connectivity index (χ1n) is 7.50. The Morgan fingerprint density at radius 1 is 1.04 bits per heavy atom. The summed E-state index contributed by atoms with van der Waals surface area (Å²) in [6.45, 7) is 2.55. The van der Waals surface area contributed by atoms with Gasteiger partial charge in [-0.3, -0.25) is 0 Å². The van der Waals surface area contributed by atoms with E-state index in [0.717, 1.165) is 5.56 Å². The van der Waals surface area contributed by atoms with Crippen molar-refractivity contribution < 1.29 is 17.9 Å². The topological polar surface area (TPSA) is 55.8 Å². The minimum absolute atomic E-state index is 0.0467. The molecule has 8 heteroatoms. The molecule has 0 unspecified atom stereocenters. The van der Waals surface area contributed by atoms with Crippen molar-refractivity contribution in [1.29, 1.82) is 0 Å². The number of ether oxygens (including phenoxy) is 2. The minimum atomic E-state index is -3.73. The maximum absolute atomic E-state index is 12.7. The molecule has 0 aliphatic heterocycles. The van der Waals surface area contributed by atoms with Crippen molar-refractivity contribution >= 4 is 33.2 Å². The third kappa shape index (κ3) is 4.79. The molecule has 0 atom stereocenters. The van der Waals surface area contributed by atoms with Crippen molar-refractivity contribution in [2.45, 2.75) is 18.4 Å². The van der Waals surface area contributed by atoms with E-state index in [1.165, 1.54) is 36.7 Å². The third-order valence-corrected chi connectivity index (χ3v) is 5.69. The lowest BCUT2D eigenvalue weighted by atomic mass is 10.2. The van der Waals surface area contributed by atoms with Gasteiger partial charge in [-0.15, -0.1) is 0 Å². The van der Waals surface area contributed by atoms with Crippen LogP contribution in [0.4, 0.5) is 0 Å². The lowest BCUT2D eigenvalue weighted by molar-refractivity contribution is 0.310. The number of sulfonamides is 1. The quantitative estimate of drug-likeness (QED) is 0.694. The first kappa shape index (κ1) is 19.8. The Kier molecular flexibility index (Phi) is 6.57. The Morgan fingerprint density at radius 3 is 2.24 bits per heavy atom. The summed E-state index contributed by atoms with van der Waals surface area (Å²) in [5, 5.41) is 0.532. The van der Waals surface area contributed by atoms with E-state index in [9.17, 15) is 8.42 Å². The summed E-state index contributed by atoms with van der Waals surface area (Å²) in [5.41, 5.74) is 0.763. The summed E-state index contributed by atoms with van der Waals surface area (Å²) in [6.07, 6.45) is 0. The van der Waals surface area contributed by atoms with Crippen molar-refractivity contribution in [2.75, 3.05) is 20.8 Å². The summed E-state index contributed by atoms with van der Waals surface area (Å²) in [6, 6.07) is 9.54. The molecule has 2 aromatic carbocycles. The lowest BCUT2D eigenvalue weighted by Crippen LogP contribution is -2.26. The van der Waals surface area contributed by atoms with Gasteiger partial charge in [-0.25, -0.2) is 8.42 Å². The van der Waals surface area contributed by atoms with Crippen molar-refractivity contribution in [3.05, 3.63) is 52.0 Å². The van der Waals surface area contributed by atoms with Gasteiger partial charge in [-0.05, 0) is 42.8 Å². The van der Waals surface area contributed by atoms with Crippen LogP contribution in [0.5, 0.6) is 11.5 Å². The van der Waals surface area contributed by atoms with Gasteiger partial charge in [0.15, 0.2) is 11.5 Å². The normalized spacial score (nSPS) is 11.6. The van der Waals surface area contributed by atoms with Crippen molar-refractivity contribution in [2.24, 2.45) is 0 Å². The van der Waals surface area contributed by atoms with Crippen LogP contribution < -0.4 is 9.47 Å². The second-order valence-corrected chi connectivity index (χ2v) is 8.20. The molecule has 0 heterocycles. The fourth-order valence-corrected chi connectivity index (χ4v) is 4.17. The van der Waals surface area contributed by atoms with Gasteiger partial charge in [0.05, 0.1) is 18.6 Å². The highest BCUT2D eigenvalue weighted by atomic mass is 35.5. The Bertz CT molecular complexity index is 835. The minimum Gasteiger partial charge on any atom is -0.493 e. The molecule has 0 spiro atoms. The van der Waals surface area contributed by atoms with Crippen LogP contribution in [0.25, 0.3) is 0 Å². The first-order valence-corrected chi connectivity index (χ1v) is 9.69. The zero-order valence-corrected chi connectivity index (χ0v) is 16.5. The highest BCUT2D eigenvalue weighted by molar-refractivity contribution is 7.89. The van der Waals surface area contributed by atoms with E-state index in [1.54, 1.807) is 18.2 Å². The number of benzene rings is 2. The second kappa shape index (κ2) is 8.27. The standard InChI is InChI=1S/C17H19Cl2NO4S/c1-4-24-16-6-5-12(7-17(16)23-3)11-20(2)25(21,22)15-9-13(18)8-14(19)10-15/h5-10H,4,11H2,1-3H3. The van der Waals surface area contributed by atoms with Crippen molar-refractivity contribution in [3.63, 3.8) is 0 Å². The van der Waals surface area contributed by atoms with E-state index >= 15 is 0 Å². The summed E-state index contributed by atoms with van der Waals surface area (Å²) in [7, 11) is -0.699. The van der Waals surface area contributed by atoms with Crippen molar-refractivity contribution in [3.8, 4) is 11.5 Å². The lowest BCUT2D eigenvalue weighted by Gasteiger charge is -2.18. The molecule has 2 rings (SSSR count). The van der Waals surface area contributed by atoms with E-state index in [2.05, 4.69) is 0 Å². The summed E-state index contributed by atoms with van der Waals surface area (Å²) < 4.78 is 37.4. The van der Waals surface area contributed by atoms with Gasteiger partial charge in [0.1, 0.15) is 0 Å². The third-order valence-electron chi connectivity index (χ3n) is 3.48. The van der Waals surface area contributed by atoms with Gasteiger partial charge in [-0.2, -0.15) is 4.31 Å². The summed E-state index contributed by atoms with van der Waals surface area (Å²) in [4.78, 5) is 0.0467. The highest BCUT2D eigenvalue weighted by Gasteiger charge is 2.22. The Labute approximate surface area is 158 Å². The molecule has 0 aromatic heterocycles. The van der Waals surface area contributed by atoms with Gasteiger partial charge in [0, 0.05) is 23.6 Å². The molecule has 5 nitrogen and oxygen atoms in total. The summed E-state index contributed by atoms with van der Waals surface area (Å²) in [5.74, 6) is 1.16. The number of nitrogens with zero attached hydrogens (tertiary/aromatic N) is 1. The molecule has 0 radical (unpaired) electrons. The van der Waals surface area contributed by atoms with Crippen LogP contribution in [0.1, 0.15) is 12.5 Å². The fourth-order valence-electron chi connectivity index (χ4n) is 2.28. The Hall–Kier alpha value is -1.47. The zero-order valence-electron chi connectivity index (χ0n) is 14.1. The average Bonchev–Trinajstić information content (AvgIpc) is 2.55. The monoisotopic (exact) mass is 403 g/mol. The van der Waals surface area contributed by atoms with E-state index < -0.39 is 10.0 Å². The predicted molar refractivity (Wildman–Crippen MR) is 99.3 cm³/mol.